The monoisotopic (exact) mass is 393 g/mol. The lowest BCUT2D eigenvalue weighted by molar-refractivity contribution is 0.0945. The van der Waals surface area contributed by atoms with Crippen molar-refractivity contribution < 1.29 is 9.18 Å². The van der Waals surface area contributed by atoms with Crippen LogP contribution in [-0.2, 0) is 0 Å². The van der Waals surface area contributed by atoms with Gasteiger partial charge in [-0.1, -0.05) is 45.2 Å². The van der Waals surface area contributed by atoms with Crippen LogP contribution >= 0.6 is 31.9 Å². The minimum atomic E-state index is -0.412. The lowest BCUT2D eigenvalue weighted by Crippen LogP contribution is -2.29. The summed E-state index contributed by atoms with van der Waals surface area (Å²) >= 11 is 6.61. The Kier molecular flexibility index (Phi) is 7.61. The maximum Gasteiger partial charge on any atom is 0.251 e. The summed E-state index contributed by atoms with van der Waals surface area (Å²) in [5, 5.41) is 3.81. The second kappa shape index (κ2) is 8.69. The maximum atomic E-state index is 13.2. The molecule has 1 aromatic rings. The number of hydrogen-bond donors (Lipinski definition) is 1. The molecule has 0 aromatic heterocycles. The van der Waals surface area contributed by atoms with Gasteiger partial charge in [-0.05, 0) is 37.0 Å². The first kappa shape index (κ1) is 16.6. The van der Waals surface area contributed by atoms with Gasteiger partial charge in [-0.3, -0.25) is 4.79 Å². The minimum absolute atomic E-state index is 0.226. The van der Waals surface area contributed by atoms with E-state index < -0.39 is 5.82 Å². The highest BCUT2D eigenvalue weighted by molar-refractivity contribution is 9.10. The molecule has 1 unspecified atom stereocenters. The summed E-state index contributed by atoms with van der Waals surface area (Å²) in [6.07, 6.45) is 3.21. The van der Waals surface area contributed by atoms with Gasteiger partial charge in [0.1, 0.15) is 5.82 Å². The number of carbonyl (C=O) groups excluding carboxylic acids is 1. The lowest BCUT2D eigenvalue weighted by atomic mass is 10.0. The highest BCUT2D eigenvalue weighted by atomic mass is 79.9. The minimum Gasteiger partial charge on any atom is -0.352 e. The number of amides is 1. The van der Waals surface area contributed by atoms with E-state index in [2.05, 4.69) is 44.1 Å². The Bertz CT molecular complexity index is 400. The van der Waals surface area contributed by atoms with Crippen molar-refractivity contribution in [2.24, 2.45) is 5.92 Å². The number of halogens is 3. The van der Waals surface area contributed by atoms with E-state index in [1.54, 1.807) is 6.07 Å². The topological polar surface area (TPSA) is 29.1 Å². The number of carbonyl (C=O) groups is 1. The summed E-state index contributed by atoms with van der Waals surface area (Å²) in [4.78, 5) is 12.0. The fraction of sp³-hybridized carbons (Fsp3) is 0.500. The molecule has 106 valence electrons. The molecular formula is C14H18Br2FNO. The maximum absolute atomic E-state index is 13.2. The average molecular weight is 395 g/mol. The fourth-order valence-corrected chi connectivity index (χ4v) is 3.05. The zero-order valence-corrected chi connectivity index (χ0v) is 14.1. The molecule has 0 aliphatic carbocycles. The van der Waals surface area contributed by atoms with Crippen molar-refractivity contribution in [1.82, 2.24) is 5.32 Å². The van der Waals surface area contributed by atoms with E-state index in [0.717, 1.165) is 24.6 Å². The van der Waals surface area contributed by atoms with E-state index >= 15 is 0 Å². The Morgan fingerprint density at radius 2 is 2.11 bits per heavy atom. The second-order valence-corrected chi connectivity index (χ2v) is 6.21. The number of hydrogen-bond acceptors (Lipinski definition) is 1. The Morgan fingerprint density at radius 3 is 2.68 bits per heavy atom. The van der Waals surface area contributed by atoms with E-state index in [9.17, 15) is 9.18 Å². The SMILES string of the molecule is CCCC(CCBr)CNC(=O)c1cc(F)cc(Br)c1. The molecule has 1 atom stereocenters. The molecule has 0 spiro atoms. The molecule has 0 bridgehead atoms. The molecular weight excluding hydrogens is 377 g/mol. The summed E-state index contributed by atoms with van der Waals surface area (Å²) < 4.78 is 13.8. The van der Waals surface area contributed by atoms with Crippen LogP contribution < -0.4 is 5.32 Å². The molecule has 0 radical (unpaired) electrons. The van der Waals surface area contributed by atoms with Crippen molar-refractivity contribution in [3.05, 3.63) is 34.1 Å². The van der Waals surface area contributed by atoms with Gasteiger partial charge < -0.3 is 5.32 Å². The summed E-state index contributed by atoms with van der Waals surface area (Å²) in [7, 11) is 0. The number of rotatable bonds is 7. The Hall–Kier alpha value is -0.420. The van der Waals surface area contributed by atoms with Crippen LogP contribution in [-0.4, -0.2) is 17.8 Å². The zero-order valence-electron chi connectivity index (χ0n) is 10.9. The Labute approximate surface area is 130 Å². The quantitative estimate of drug-likeness (QED) is 0.676. The third-order valence-corrected chi connectivity index (χ3v) is 3.81. The largest absolute Gasteiger partial charge is 0.352 e. The molecule has 0 saturated carbocycles. The predicted octanol–water partition coefficient (Wildman–Crippen LogP) is 4.52. The lowest BCUT2D eigenvalue weighted by Gasteiger charge is -2.15. The molecule has 1 rings (SSSR count). The van der Waals surface area contributed by atoms with E-state index in [4.69, 9.17) is 0 Å². The molecule has 2 nitrogen and oxygen atoms in total. The van der Waals surface area contributed by atoms with Crippen molar-refractivity contribution in [1.29, 1.82) is 0 Å². The highest BCUT2D eigenvalue weighted by Gasteiger charge is 2.12. The molecule has 1 amide bonds. The van der Waals surface area contributed by atoms with Crippen LogP contribution in [0.2, 0.25) is 0 Å². The zero-order chi connectivity index (χ0) is 14.3. The first-order valence-corrected chi connectivity index (χ1v) is 8.28. The van der Waals surface area contributed by atoms with Gasteiger partial charge in [0.15, 0.2) is 0 Å². The molecule has 19 heavy (non-hydrogen) atoms. The summed E-state index contributed by atoms with van der Waals surface area (Å²) in [5.41, 5.74) is 0.348. The summed E-state index contributed by atoms with van der Waals surface area (Å²) in [6, 6.07) is 4.21. The second-order valence-electron chi connectivity index (χ2n) is 4.50. The van der Waals surface area contributed by atoms with Gasteiger partial charge in [-0.25, -0.2) is 4.39 Å². The standard InChI is InChI=1S/C14H18Br2FNO/c1-2-3-10(4-5-15)9-18-14(19)11-6-12(16)8-13(17)7-11/h6-8,10H,2-5,9H2,1H3,(H,18,19). The molecule has 0 aliphatic rings. The van der Waals surface area contributed by atoms with Crippen LogP contribution in [0.15, 0.2) is 22.7 Å². The van der Waals surface area contributed by atoms with Crippen molar-refractivity contribution in [3.63, 3.8) is 0 Å². The molecule has 1 N–H and O–H groups in total. The van der Waals surface area contributed by atoms with Crippen LogP contribution in [0, 0.1) is 11.7 Å². The van der Waals surface area contributed by atoms with Crippen LogP contribution in [0.4, 0.5) is 4.39 Å². The number of alkyl halides is 1. The van der Waals surface area contributed by atoms with E-state index in [1.807, 2.05) is 0 Å². The summed E-state index contributed by atoms with van der Waals surface area (Å²) in [5.74, 6) is -0.175. The first-order valence-electron chi connectivity index (χ1n) is 6.37. The Balaban J connectivity index is 2.58. The van der Waals surface area contributed by atoms with Gasteiger partial charge >= 0.3 is 0 Å². The normalized spacial score (nSPS) is 12.2. The molecule has 0 saturated heterocycles. The van der Waals surface area contributed by atoms with Gasteiger partial charge in [0.25, 0.3) is 5.91 Å². The van der Waals surface area contributed by atoms with E-state index in [-0.39, 0.29) is 5.91 Å². The summed E-state index contributed by atoms with van der Waals surface area (Å²) in [6.45, 7) is 2.76. The van der Waals surface area contributed by atoms with Crippen LogP contribution in [0.5, 0.6) is 0 Å². The third-order valence-electron chi connectivity index (χ3n) is 2.89. The molecule has 0 aliphatic heterocycles. The van der Waals surface area contributed by atoms with Crippen LogP contribution in [0.25, 0.3) is 0 Å². The van der Waals surface area contributed by atoms with Crippen molar-refractivity contribution in [2.75, 3.05) is 11.9 Å². The van der Waals surface area contributed by atoms with Crippen molar-refractivity contribution >= 4 is 37.8 Å². The average Bonchev–Trinajstić information content (AvgIpc) is 2.35. The van der Waals surface area contributed by atoms with Crippen LogP contribution in [0.1, 0.15) is 36.5 Å². The first-order chi connectivity index (χ1) is 9.06. The Morgan fingerprint density at radius 1 is 1.37 bits per heavy atom. The van der Waals surface area contributed by atoms with Crippen molar-refractivity contribution in [3.8, 4) is 0 Å². The third kappa shape index (κ3) is 6.04. The van der Waals surface area contributed by atoms with Crippen LogP contribution in [0.3, 0.4) is 0 Å². The van der Waals surface area contributed by atoms with Gasteiger partial charge in [0, 0.05) is 21.9 Å². The van der Waals surface area contributed by atoms with E-state index in [0.29, 0.717) is 22.5 Å². The van der Waals surface area contributed by atoms with E-state index in [1.165, 1.54) is 12.1 Å². The highest BCUT2D eigenvalue weighted by Crippen LogP contribution is 2.16. The molecule has 0 fully saturated rings. The van der Waals surface area contributed by atoms with Gasteiger partial charge in [-0.2, -0.15) is 0 Å². The number of benzene rings is 1. The van der Waals surface area contributed by atoms with Gasteiger partial charge in [-0.15, -0.1) is 0 Å². The predicted molar refractivity (Wildman–Crippen MR) is 83.2 cm³/mol. The van der Waals surface area contributed by atoms with Gasteiger partial charge in [0.05, 0.1) is 0 Å². The van der Waals surface area contributed by atoms with Gasteiger partial charge in [0.2, 0.25) is 0 Å². The molecule has 0 heterocycles. The smallest absolute Gasteiger partial charge is 0.251 e. The fourth-order valence-electron chi connectivity index (χ4n) is 1.94. The number of nitrogens with one attached hydrogen (secondary N) is 1. The molecule has 1 aromatic carbocycles. The molecule has 5 heteroatoms. The van der Waals surface area contributed by atoms with Crippen molar-refractivity contribution in [2.45, 2.75) is 26.2 Å².